The van der Waals surface area contributed by atoms with Crippen molar-refractivity contribution in [1.29, 1.82) is 0 Å². The summed E-state index contributed by atoms with van der Waals surface area (Å²) in [5.41, 5.74) is 2.15. The molecule has 0 N–H and O–H groups in total. The molecule has 1 atom stereocenters. The summed E-state index contributed by atoms with van der Waals surface area (Å²) in [6.45, 7) is 1.66. The van der Waals surface area contributed by atoms with Crippen LogP contribution in [-0.4, -0.2) is 40.8 Å². The van der Waals surface area contributed by atoms with E-state index < -0.39 is 0 Å². The van der Waals surface area contributed by atoms with Gasteiger partial charge in [0.15, 0.2) is 0 Å². The van der Waals surface area contributed by atoms with Crippen molar-refractivity contribution in [3.05, 3.63) is 53.1 Å². The molecule has 5 nitrogen and oxygen atoms in total. The van der Waals surface area contributed by atoms with Crippen molar-refractivity contribution < 1.29 is 13.9 Å². The summed E-state index contributed by atoms with van der Waals surface area (Å²) in [5.74, 6) is -0.240. The van der Waals surface area contributed by atoms with E-state index in [4.69, 9.17) is 4.74 Å². The number of ether oxygens (including phenoxy) is 1. The van der Waals surface area contributed by atoms with Crippen molar-refractivity contribution in [2.75, 3.05) is 20.3 Å². The Morgan fingerprint density at radius 2 is 2.35 bits per heavy atom. The molecule has 1 aliphatic heterocycles. The van der Waals surface area contributed by atoms with E-state index in [0.29, 0.717) is 25.3 Å². The fraction of sp³-hybridized carbons (Fsp3) is 0.412. The number of hydrogen-bond acceptors (Lipinski definition) is 3. The van der Waals surface area contributed by atoms with Gasteiger partial charge in [-0.15, -0.1) is 0 Å². The Balaban J connectivity index is 1.79. The van der Waals surface area contributed by atoms with Crippen molar-refractivity contribution in [3.63, 3.8) is 0 Å². The van der Waals surface area contributed by atoms with Gasteiger partial charge >= 0.3 is 0 Å². The first kappa shape index (κ1) is 15.7. The third kappa shape index (κ3) is 3.42. The topological polar surface area (TPSA) is 47.4 Å². The second-order valence-corrected chi connectivity index (χ2v) is 5.95. The maximum atomic E-state index is 13.3. The Morgan fingerprint density at radius 3 is 3.04 bits per heavy atom. The van der Waals surface area contributed by atoms with Crippen molar-refractivity contribution in [3.8, 4) is 0 Å². The van der Waals surface area contributed by atoms with Crippen LogP contribution in [0.3, 0.4) is 0 Å². The maximum Gasteiger partial charge on any atom is 0.257 e. The SMILES string of the molecule is CN(Cc1cccc(F)c1)C(=O)c1cn(C)nc1C1CCOC1. The van der Waals surface area contributed by atoms with E-state index in [1.165, 1.54) is 12.1 Å². The van der Waals surface area contributed by atoms with E-state index >= 15 is 0 Å². The van der Waals surface area contributed by atoms with E-state index in [1.54, 1.807) is 28.9 Å². The van der Waals surface area contributed by atoms with Gasteiger partial charge in [-0.1, -0.05) is 12.1 Å². The summed E-state index contributed by atoms with van der Waals surface area (Å²) in [7, 11) is 3.53. The number of rotatable bonds is 4. The van der Waals surface area contributed by atoms with Gasteiger partial charge in [0.2, 0.25) is 0 Å². The van der Waals surface area contributed by atoms with Crippen LogP contribution in [0.5, 0.6) is 0 Å². The number of amides is 1. The minimum atomic E-state index is -0.298. The van der Waals surface area contributed by atoms with Crippen LogP contribution in [0.1, 0.15) is 34.0 Å². The molecule has 1 saturated heterocycles. The molecule has 1 aromatic carbocycles. The minimum Gasteiger partial charge on any atom is -0.381 e. The molecule has 0 radical (unpaired) electrons. The Hall–Kier alpha value is -2.21. The molecule has 2 aromatic rings. The molecule has 6 heteroatoms. The Kier molecular flexibility index (Phi) is 4.43. The summed E-state index contributed by atoms with van der Waals surface area (Å²) in [6.07, 6.45) is 2.63. The molecule has 1 aliphatic rings. The van der Waals surface area contributed by atoms with Gasteiger partial charge in [0.1, 0.15) is 5.82 Å². The van der Waals surface area contributed by atoms with Gasteiger partial charge in [-0.3, -0.25) is 9.48 Å². The third-order valence-electron chi connectivity index (χ3n) is 4.06. The lowest BCUT2D eigenvalue weighted by Crippen LogP contribution is -2.27. The number of benzene rings is 1. The fourth-order valence-electron chi connectivity index (χ4n) is 2.91. The van der Waals surface area contributed by atoms with Crippen molar-refractivity contribution in [2.24, 2.45) is 7.05 Å². The van der Waals surface area contributed by atoms with Gasteiger partial charge in [0.25, 0.3) is 5.91 Å². The number of carbonyl (C=O) groups excluding carboxylic acids is 1. The highest BCUT2D eigenvalue weighted by molar-refractivity contribution is 5.95. The van der Waals surface area contributed by atoms with Gasteiger partial charge in [-0.05, 0) is 24.1 Å². The molecule has 3 rings (SSSR count). The molecule has 122 valence electrons. The second kappa shape index (κ2) is 6.50. The summed E-state index contributed by atoms with van der Waals surface area (Å²) in [4.78, 5) is 14.4. The molecule has 23 heavy (non-hydrogen) atoms. The lowest BCUT2D eigenvalue weighted by Gasteiger charge is -2.18. The summed E-state index contributed by atoms with van der Waals surface area (Å²) in [5, 5.41) is 4.45. The highest BCUT2D eigenvalue weighted by atomic mass is 19.1. The first-order valence-electron chi connectivity index (χ1n) is 7.66. The Morgan fingerprint density at radius 1 is 1.52 bits per heavy atom. The maximum absolute atomic E-state index is 13.3. The van der Waals surface area contributed by atoms with E-state index in [9.17, 15) is 9.18 Å². The van der Waals surface area contributed by atoms with E-state index in [-0.39, 0.29) is 17.6 Å². The van der Waals surface area contributed by atoms with Crippen LogP contribution in [-0.2, 0) is 18.3 Å². The molecule has 0 saturated carbocycles. The quantitative estimate of drug-likeness (QED) is 0.869. The highest BCUT2D eigenvalue weighted by Crippen LogP contribution is 2.27. The van der Waals surface area contributed by atoms with Crippen molar-refractivity contribution >= 4 is 5.91 Å². The minimum absolute atomic E-state index is 0.107. The molecular formula is C17H20FN3O2. The normalized spacial score (nSPS) is 17.4. The van der Waals surface area contributed by atoms with Crippen LogP contribution in [0, 0.1) is 5.82 Å². The lowest BCUT2D eigenvalue weighted by molar-refractivity contribution is 0.0783. The van der Waals surface area contributed by atoms with Crippen LogP contribution in [0.15, 0.2) is 30.5 Å². The van der Waals surface area contributed by atoms with Crippen molar-refractivity contribution in [1.82, 2.24) is 14.7 Å². The molecule has 0 bridgehead atoms. The second-order valence-electron chi connectivity index (χ2n) is 5.95. The number of carbonyl (C=O) groups is 1. The van der Waals surface area contributed by atoms with Crippen LogP contribution in [0.4, 0.5) is 4.39 Å². The Bertz CT molecular complexity index is 708. The lowest BCUT2D eigenvalue weighted by atomic mass is 10.0. The van der Waals surface area contributed by atoms with E-state index in [2.05, 4.69) is 5.10 Å². The number of aromatic nitrogens is 2. The van der Waals surface area contributed by atoms with Gasteiger partial charge in [-0.25, -0.2) is 4.39 Å². The van der Waals surface area contributed by atoms with Gasteiger partial charge in [0, 0.05) is 39.4 Å². The molecule has 1 amide bonds. The smallest absolute Gasteiger partial charge is 0.257 e. The summed E-state index contributed by atoms with van der Waals surface area (Å²) < 4.78 is 20.4. The molecular weight excluding hydrogens is 297 g/mol. The average molecular weight is 317 g/mol. The van der Waals surface area contributed by atoms with Crippen LogP contribution >= 0.6 is 0 Å². The standard InChI is InChI=1S/C17H20FN3O2/c1-20(9-12-4-3-5-14(18)8-12)17(22)15-10-21(2)19-16(15)13-6-7-23-11-13/h3-5,8,10,13H,6-7,9,11H2,1-2H3. The Labute approximate surface area is 134 Å². The predicted octanol–water partition coefficient (Wildman–Crippen LogP) is 2.34. The first-order chi connectivity index (χ1) is 11.0. The fourth-order valence-corrected chi connectivity index (χ4v) is 2.91. The molecule has 1 fully saturated rings. The van der Waals surface area contributed by atoms with Crippen LogP contribution in [0.2, 0.25) is 0 Å². The zero-order chi connectivity index (χ0) is 16.4. The summed E-state index contributed by atoms with van der Waals surface area (Å²) >= 11 is 0. The molecule has 2 heterocycles. The zero-order valence-electron chi connectivity index (χ0n) is 13.3. The monoisotopic (exact) mass is 317 g/mol. The number of halogens is 1. The largest absolute Gasteiger partial charge is 0.381 e. The molecule has 0 spiro atoms. The average Bonchev–Trinajstić information content (AvgIpc) is 3.15. The van der Waals surface area contributed by atoms with Crippen LogP contribution in [0.25, 0.3) is 0 Å². The van der Waals surface area contributed by atoms with Crippen molar-refractivity contribution in [2.45, 2.75) is 18.9 Å². The first-order valence-corrected chi connectivity index (χ1v) is 7.66. The third-order valence-corrected chi connectivity index (χ3v) is 4.06. The predicted molar refractivity (Wildman–Crippen MR) is 83.6 cm³/mol. The van der Waals surface area contributed by atoms with Gasteiger partial charge in [0.05, 0.1) is 17.9 Å². The summed E-state index contributed by atoms with van der Waals surface area (Å²) in [6, 6.07) is 6.29. The zero-order valence-corrected chi connectivity index (χ0v) is 13.3. The molecule has 1 aromatic heterocycles. The molecule has 1 unspecified atom stereocenters. The van der Waals surface area contributed by atoms with Gasteiger partial charge < -0.3 is 9.64 Å². The van der Waals surface area contributed by atoms with E-state index in [0.717, 1.165) is 17.7 Å². The van der Waals surface area contributed by atoms with E-state index in [1.807, 2.05) is 13.1 Å². The van der Waals surface area contributed by atoms with Gasteiger partial charge in [-0.2, -0.15) is 5.10 Å². The number of aryl methyl sites for hydroxylation is 1. The number of hydrogen-bond donors (Lipinski definition) is 0. The van der Waals surface area contributed by atoms with Crippen LogP contribution < -0.4 is 0 Å². The number of nitrogens with zero attached hydrogens (tertiary/aromatic N) is 3. The highest BCUT2D eigenvalue weighted by Gasteiger charge is 2.28. The molecule has 0 aliphatic carbocycles.